The molecule has 1 aromatic rings. The molecule has 2 aliphatic rings. The molecule has 1 aromatic heterocycles. The van der Waals surface area contributed by atoms with E-state index in [1.165, 1.54) is 0 Å². The van der Waals surface area contributed by atoms with Crippen molar-refractivity contribution in [1.82, 2.24) is 14.8 Å². The zero-order valence-electron chi connectivity index (χ0n) is 17.6. The lowest BCUT2D eigenvalue weighted by Gasteiger charge is -2.44. The molecular formula is C20H34BN3O2. The summed E-state index contributed by atoms with van der Waals surface area (Å²) in [4.78, 5) is 9.65. The summed E-state index contributed by atoms with van der Waals surface area (Å²) >= 11 is 0. The number of likely N-dealkylation sites (N-methyl/N-ethyl adjacent to an activating group) is 1. The standard InChI is InChI=1S/C20H34BN3O2/c1-14-12-24(13-15(2)23(14)8)16(3)18-11-17(9-10-22-18)21-25-19(4,5)20(6,7)26-21/h9-11,14-16H,12-13H2,1-8H3/t14-,15+,16?. The molecule has 0 saturated carbocycles. The van der Waals surface area contributed by atoms with Crippen molar-refractivity contribution in [3.8, 4) is 0 Å². The second-order valence-electron chi connectivity index (χ2n) is 9.10. The van der Waals surface area contributed by atoms with Gasteiger partial charge in [-0.2, -0.15) is 0 Å². The van der Waals surface area contributed by atoms with Gasteiger partial charge in [0.25, 0.3) is 0 Å². The molecule has 2 aliphatic heterocycles. The summed E-state index contributed by atoms with van der Waals surface area (Å²) in [6.45, 7) is 17.3. The Labute approximate surface area is 159 Å². The van der Waals surface area contributed by atoms with E-state index in [9.17, 15) is 0 Å². The number of hydrogen-bond donors (Lipinski definition) is 0. The summed E-state index contributed by atoms with van der Waals surface area (Å²) in [6, 6.07) is 5.53. The third-order valence-corrected chi connectivity index (χ3v) is 6.69. The molecule has 0 amide bonds. The lowest BCUT2D eigenvalue weighted by molar-refractivity contribution is 0.00578. The minimum atomic E-state index is -0.334. The molecule has 3 rings (SSSR count). The fourth-order valence-electron chi connectivity index (χ4n) is 3.77. The monoisotopic (exact) mass is 359 g/mol. The maximum absolute atomic E-state index is 6.21. The van der Waals surface area contributed by atoms with Gasteiger partial charge in [0.2, 0.25) is 0 Å². The van der Waals surface area contributed by atoms with Gasteiger partial charge in [-0.3, -0.25) is 14.8 Å². The van der Waals surface area contributed by atoms with Crippen molar-refractivity contribution in [3.05, 3.63) is 24.0 Å². The molecule has 3 atom stereocenters. The van der Waals surface area contributed by atoms with Crippen LogP contribution in [0, 0.1) is 0 Å². The van der Waals surface area contributed by atoms with Gasteiger partial charge in [-0.1, -0.05) is 0 Å². The van der Waals surface area contributed by atoms with Gasteiger partial charge in [0.1, 0.15) is 0 Å². The number of pyridine rings is 1. The normalized spacial score (nSPS) is 30.5. The molecule has 0 spiro atoms. The third-order valence-electron chi connectivity index (χ3n) is 6.69. The predicted octanol–water partition coefficient (Wildman–Crippen LogP) is 2.47. The first-order chi connectivity index (χ1) is 12.0. The van der Waals surface area contributed by atoms with Crippen molar-refractivity contribution in [2.24, 2.45) is 0 Å². The lowest BCUT2D eigenvalue weighted by atomic mass is 9.79. The van der Waals surface area contributed by atoms with E-state index in [0.29, 0.717) is 12.1 Å². The molecule has 0 aliphatic carbocycles. The van der Waals surface area contributed by atoms with E-state index in [-0.39, 0.29) is 24.4 Å². The SMILES string of the molecule is CC(c1cc(B2OC(C)(C)C(C)(C)O2)ccn1)N1C[C@@H](C)N(C)[C@@H](C)C1. The topological polar surface area (TPSA) is 37.8 Å². The molecule has 2 saturated heterocycles. The minimum absolute atomic E-state index is 0.274. The second kappa shape index (κ2) is 6.90. The van der Waals surface area contributed by atoms with Crippen LogP contribution in [0.1, 0.15) is 60.2 Å². The molecule has 1 unspecified atom stereocenters. The maximum atomic E-state index is 6.21. The molecule has 3 heterocycles. The number of hydrogen-bond acceptors (Lipinski definition) is 5. The highest BCUT2D eigenvalue weighted by Gasteiger charge is 2.51. The van der Waals surface area contributed by atoms with E-state index in [1.54, 1.807) is 0 Å². The Hall–Kier alpha value is -0.945. The Morgan fingerprint density at radius 1 is 1.12 bits per heavy atom. The van der Waals surface area contributed by atoms with E-state index in [4.69, 9.17) is 9.31 Å². The van der Waals surface area contributed by atoms with E-state index in [2.05, 4.69) is 76.4 Å². The maximum Gasteiger partial charge on any atom is 0.494 e. The fourth-order valence-corrected chi connectivity index (χ4v) is 3.77. The molecule has 0 aromatic carbocycles. The molecular weight excluding hydrogens is 325 g/mol. The van der Waals surface area contributed by atoms with Crippen LogP contribution in [0.15, 0.2) is 18.3 Å². The summed E-state index contributed by atoms with van der Waals surface area (Å²) < 4.78 is 12.4. The van der Waals surface area contributed by atoms with Gasteiger partial charge >= 0.3 is 7.12 Å². The van der Waals surface area contributed by atoms with Gasteiger partial charge in [0.15, 0.2) is 0 Å². The molecule has 2 fully saturated rings. The highest BCUT2D eigenvalue weighted by Crippen LogP contribution is 2.36. The Morgan fingerprint density at radius 3 is 2.19 bits per heavy atom. The van der Waals surface area contributed by atoms with Crippen LogP contribution in [-0.2, 0) is 9.31 Å². The predicted molar refractivity (Wildman–Crippen MR) is 107 cm³/mol. The molecule has 0 N–H and O–H groups in total. The van der Waals surface area contributed by atoms with Gasteiger partial charge in [-0.25, -0.2) is 0 Å². The Balaban J connectivity index is 1.78. The van der Waals surface area contributed by atoms with Crippen LogP contribution in [0.5, 0.6) is 0 Å². The van der Waals surface area contributed by atoms with Crippen molar-refractivity contribution in [2.75, 3.05) is 20.1 Å². The van der Waals surface area contributed by atoms with Crippen LogP contribution < -0.4 is 5.46 Å². The van der Waals surface area contributed by atoms with Crippen LogP contribution in [0.25, 0.3) is 0 Å². The summed E-state index contributed by atoms with van der Waals surface area (Å²) in [5, 5.41) is 0. The van der Waals surface area contributed by atoms with Crippen molar-refractivity contribution in [1.29, 1.82) is 0 Å². The molecule has 144 valence electrons. The second-order valence-corrected chi connectivity index (χ2v) is 9.10. The number of rotatable bonds is 3. The van der Waals surface area contributed by atoms with Gasteiger partial charge in [0, 0.05) is 37.4 Å². The first-order valence-electron chi connectivity index (χ1n) is 9.79. The largest absolute Gasteiger partial charge is 0.494 e. The van der Waals surface area contributed by atoms with Gasteiger partial charge in [-0.05, 0) is 73.1 Å². The smallest absolute Gasteiger partial charge is 0.399 e. The van der Waals surface area contributed by atoms with Crippen LogP contribution in [-0.4, -0.2) is 65.3 Å². The van der Waals surface area contributed by atoms with Crippen LogP contribution in [0.3, 0.4) is 0 Å². The molecule has 26 heavy (non-hydrogen) atoms. The van der Waals surface area contributed by atoms with E-state index in [0.717, 1.165) is 24.2 Å². The summed E-state index contributed by atoms with van der Waals surface area (Å²) in [5.74, 6) is 0. The van der Waals surface area contributed by atoms with Crippen molar-refractivity contribution in [2.45, 2.75) is 77.8 Å². The molecule has 5 nitrogen and oxygen atoms in total. The molecule has 0 bridgehead atoms. The van der Waals surface area contributed by atoms with Crippen LogP contribution >= 0.6 is 0 Å². The van der Waals surface area contributed by atoms with Gasteiger partial charge in [-0.15, -0.1) is 0 Å². The van der Waals surface area contributed by atoms with Crippen molar-refractivity contribution >= 4 is 12.6 Å². The molecule has 0 radical (unpaired) electrons. The van der Waals surface area contributed by atoms with Gasteiger partial charge in [0.05, 0.1) is 16.9 Å². The first kappa shape index (κ1) is 19.8. The lowest BCUT2D eigenvalue weighted by Crippen LogP contribution is -2.55. The van der Waals surface area contributed by atoms with Gasteiger partial charge < -0.3 is 9.31 Å². The van der Waals surface area contributed by atoms with Crippen molar-refractivity contribution < 1.29 is 9.31 Å². The van der Waals surface area contributed by atoms with E-state index in [1.807, 2.05) is 12.3 Å². The minimum Gasteiger partial charge on any atom is -0.399 e. The van der Waals surface area contributed by atoms with Crippen LogP contribution in [0.4, 0.5) is 0 Å². The van der Waals surface area contributed by atoms with E-state index < -0.39 is 0 Å². The van der Waals surface area contributed by atoms with Crippen LogP contribution in [0.2, 0.25) is 0 Å². The fraction of sp³-hybridized carbons (Fsp3) is 0.750. The number of nitrogens with zero attached hydrogens (tertiary/aromatic N) is 3. The Morgan fingerprint density at radius 2 is 1.65 bits per heavy atom. The number of piperazine rings is 1. The molecule has 6 heteroatoms. The third kappa shape index (κ3) is 3.57. The quantitative estimate of drug-likeness (QED) is 0.776. The Bertz CT molecular complexity index is 624. The average molecular weight is 359 g/mol. The average Bonchev–Trinajstić information content (AvgIpc) is 2.79. The summed E-state index contributed by atoms with van der Waals surface area (Å²) in [5.41, 5.74) is 1.49. The Kier molecular flexibility index (Phi) is 5.25. The first-order valence-corrected chi connectivity index (χ1v) is 9.79. The van der Waals surface area contributed by atoms with Crippen molar-refractivity contribution in [3.63, 3.8) is 0 Å². The summed E-state index contributed by atoms with van der Waals surface area (Å²) in [7, 11) is 1.88. The zero-order valence-corrected chi connectivity index (χ0v) is 17.6. The van der Waals surface area contributed by atoms with E-state index >= 15 is 0 Å². The highest BCUT2D eigenvalue weighted by molar-refractivity contribution is 6.62. The highest BCUT2D eigenvalue weighted by atomic mass is 16.7. The zero-order chi connectivity index (χ0) is 19.3. The number of aromatic nitrogens is 1. The summed E-state index contributed by atoms with van der Waals surface area (Å²) in [6.07, 6.45) is 1.88.